The standard InChI is InChI=1S/C8H13FINO/c1-11(7-12-2)8(9)5-3-4-6-10/h3-5H,6-7H2,1-2H3/b4-3+,8-5-. The lowest BCUT2D eigenvalue weighted by Gasteiger charge is -2.13. The van der Waals surface area contributed by atoms with E-state index in [9.17, 15) is 4.39 Å². The van der Waals surface area contributed by atoms with Gasteiger partial charge < -0.3 is 9.64 Å². The molecule has 0 radical (unpaired) electrons. The molecule has 70 valence electrons. The molecule has 0 saturated heterocycles. The number of hydrogen-bond acceptors (Lipinski definition) is 2. The first-order chi connectivity index (χ1) is 5.72. The molecule has 2 nitrogen and oxygen atoms in total. The van der Waals surface area contributed by atoms with Crippen LogP contribution < -0.4 is 0 Å². The van der Waals surface area contributed by atoms with Gasteiger partial charge in [-0.05, 0) is 6.08 Å². The highest BCUT2D eigenvalue weighted by atomic mass is 127. The number of allylic oxidation sites excluding steroid dienone is 3. The largest absolute Gasteiger partial charge is 0.364 e. The number of alkyl halides is 1. The predicted octanol–water partition coefficient (Wildman–Crippen LogP) is 2.32. The van der Waals surface area contributed by atoms with Crippen molar-refractivity contribution in [2.45, 2.75) is 0 Å². The molecule has 0 spiro atoms. The number of methoxy groups -OCH3 is 1. The molecule has 0 aliphatic rings. The monoisotopic (exact) mass is 285 g/mol. The average Bonchev–Trinajstić information content (AvgIpc) is 2.05. The first-order valence-corrected chi connectivity index (χ1v) is 5.03. The van der Waals surface area contributed by atoms with Crippen LogP contribution in [0.25, 0.3) is 0 Å². The number of halogens is 2. The number of rotatable bonds is 5. The van der Waals surface area contributed by atoms with E-state index >= 15 is 0 Å². The maximum absolute atomic E-state index is 13.0. The molecule has 0 amide bonds. The fourth-order valence-corrected chi connectivity index (χ4v) is 0.875. The maximum Gasteiger partial charge on any atom is 0.191 e. The van der Waals surface area contributed by atoms with Gasteiger partial charge in [0.2, 0.25) is 0 Å². The predicted molar refractivity (Wildman–Crippen MR) is 56.9 cm³/mol. The van der Waals surface area contributed by atoms with E-state index in [-0.39, 0.29) is 12.7 Å². The highest BCUT2D eigenvalue weighted by Crippen LogP contribution is 2.02. The molecule has 0 unspecified atom stereocenters. The van der Waals surface area contributed by atoms with Crippen LogP contribution in [0.3, 0.4) is 0 Å². The van der Waals surface area contributed by atoms with Gasteiger partial charge in [-0.2, -0.15) is 4.39 Å². The highest BCUT2D eigenvalue weighted by molar-refractivity contribution is 14.1. The normalized spacial score (nSPS) is 12.5. The van der Waals surface area contributed by atoms with Gasteiger partial charge in [-0.1, -0.05) is 34.7 Å². The molecule has 0 aliphatic heterocycles. The third kappa shape index (κ3) is 5.54. The first-order valence-electron chi connectivity index (χ1n) is 3.50. The third-order valence-corrected chi connectivity index (χ3v) is 1.65. The second kappa shape index (κ2) is 7.54. The van der Waals surface area contributed by atoms with E-state index in [1.165, 1.54) is 18.1 Å². The lowest BCUT2D eigenvalue weighted by Crippen LogP contribution is -2.17. The van der Waals surface area contributed by atoms with E-state index in [0.29, 0.717) is 0 Å². The minimum Gasteiger partial charge on any atom is -0.364 e. The second-order valence-corrected chi connectivity index (χ2v) is 3.07. The Bertz CT molecular complexity index is 170. The molecule has 0 atom stereocenters. The number of nitrogens with zero attached hydrogens (tertiary/aromatic N) is 1. The minimum atomic E-state index is -0.294. The number of ether oxygens (including phenoxy) is 1. The molecule has 0 N–H and O–H groups in total. The van der Waals surface area contributed by atoms with Gasteiger partial charge >= 0.3 is 0 Å². The smallest absolute Gasteiger partial charge is 0.191 e. The van der Waals surface area contributed by atoms with Crippen molar-refractivity contribution in [3.05, 3.63) is 24.2 Å². The van der Waals surface area contributed by atoms with Gasteiger partial charge in [0.05, 0.1) is 0 Å². The van der Waals surface area contributed by atoms with E-state index in [0.717, 1.165) is 4.43 Å². The summed E-state index contributed by atoms with van der Waals surface area (Å²) in [4.78, 5) is 1.39. The lowest BCUT2D eigenvalue weighted by molar-refractivity contribution is 0.0871. The Morgan fingerprint density at radius 3 is 2.83 bits per heavy atom. The Morgan fingerprint density at radius 1 is 1.67 bits per heavy atom. The Kier molecular flexibility index (Phi) is 7.48. The van der Waals surface area contributed by atoms with Crippen LogP contribution in [0, 0.1) is 0 Å². The summed E-state index contributed by atoms with van der Waals surface area (Å²) in [5.41, 5.74) is 0. The Morgan fingerprint density at radius 2 is 2.33 bits per heavy atom. The van der Waals surface area contributed by atoms with Crippen molar-refractivity contribution < 1.29 is 9.13 Å². The molecule has 0 bridgehead atoms. The fraction of sp³-hybridized carbons (Fsp3) is 0.500. The van der Waals surface area contributed by atoms with E-state index in [4.69, 9.17) is 4.74 Å². The van der Waals surface area contributed by atoms with Gasteiger partial charge in [-0.25, -0.2) is 0 Å². The van der Waals surface area contributed by atoms with Crippen molar-refractivity contribution in [3.63, 3.8) is 0 Å². The lowest BCUT2D eigenvalue weighted by atomic mass is 10.5. The van der Waals surface area contributed by atoms with E-state index in [1.54, 1.807) is 13.1 Å². The summed E-state index contributed by atoms with van der Waals surface area (Å²) in [6.07, 6.45) is 4.98. The number of hydrogen-bond donors (Lipinski definition) is 0. The molecule has 0 rings (SSSR count). The minimum absolute atomic E-state index is 0.264. The summed E-state index contributed by atoms with van der Waals surface area (Å²) in [5.74, 6) is -0.294. The van der Waals surface area contributed by atoms with Crippen LogP contribution in [0.4, 0.5) is 4.39 Å². The van der Waals surface area contributed by atoms with Gasteiger partial charge in [0, 0.05) is 18.6 Å². The average molecular weight is 285 g/mol. The maximum atomic E-state index is 13.0. The van der Waals surface area contributed by atoms with E-state index < -0.39 is 0 Å². The van der Waals surface area contributed by atoms with Crippen molar-refractivity contribution in [1.82, 2.24) is 4.90 Å². The summed E-state index contributed by atoms with van der Waals surface area (Å²) < 4.78 is 18.6. The van der Waals surface area contributed by atoms with Crippen molar-refractivity contribution >= 4 is 22.6 Å². The van der Waals surface area contributed by atoms with Gasteiger partial charge in [0.25, 0.3) is 0 Å². The summed E-state index contributed by atoms with van der Waals surface area (Å²) >= 11 is 2.19. The fourth-order valence-electron chi connectivity index (χ4n) is 0.581. The van der Waals surface area contributed by atoms with E-state index in [2.05, 4.69) is 22.6 Å². The molecule has 0 saturated carbocycles. The van der Waals surface area contributed by atoms with Crippen LogP contribution >= 0.6 is 22.6 Å². The molecule has 0 aromatic heterocycles. The van der Waals surface area contributed by atoms with E-state index in [1.807, 2.05) is 6.08 Å². The molecule has 0 heterocycles. The third-order valence-electron chi connectivity index (χ3n) is 1.15. The van der Waals surface area contributed by atoms with Crippen molar-refractivity contribution in [1.29, 1.82) is 0 Å². The van der Waals surface area contributed by atoms with Crippen molar-refractivity contribution in [2.24, 2.45) is 0 Å². The van der Waals surface area contributed by atoms with Gasteiger partial charge in [0.15, 0.2) is 5.95 Å². The molecular weight excluding hydrogens is 272 g/mol. The topological polar surface area (TPSA) is 12.5 Å². The SMILES string of the molecule is COCN(C)/C(F)=C\C=C\CI. The van der Waals surface area contributed by atoms with Gasteiger partial charge in [-0.3, -0.25) is 0 Å². The zero-order valence-corrected chi connectivity index (χ0v) is 9.42. The molecular formula is C8H13FINO. The van der Waals surface area contributed by atoms with Crippen LogP contribution in [0.15, 0.2) is 24.2 Å². The zero-order chi connectivity index (χ0) is 9.40. The molecule has 0 aliphatic carbocycles. The second-order valence-electron chi connectivity index (χ2n) is 2.19. The van der Waals surface area contributed by atoms with Crippen molar-refractivity contribution in [3.8, 4) is 0 Å². The summed E-state index contributed by atoms with van der Waals surface area (Å²) in [6.45, 7) is 0.264. The molecule has 0 aromatic rings. The molecule has 4 heteroatoms. The van der Waals surface area contributed by atoms with Crippen LogP contribution in [0.2, 0.25) is 0 Å². The first kappa shape index (κ1) is 11.9. The van der Waals surface area contributed by atoms with Gasteiger partial charge in [0.1, 0.15) is 6.73 Å². The molecule has 12 heavy (non-hydrogen) atoms. The Labute approximate surface area is 86.2 Å². The van der Waals surface area contributed by atoms with Crippen LogP contribution in [-0.4, -0.2) is 30.2 Å². The quantitative estimate of drug-likeness (QED) is 0.253. The van der Waals surface area contributed by atoms with Crippen molar-refractivity contribution in [2.75, 3.05) is 25.3 Å². The highest BCUT2D eigenvalue weighted by Gasteiger charge is 1.98. The zero-order valence-electron chi connectivity index (χ0n) is 7.26. The molecule has 0 fully saturated rings. The van der Waals surface area contributed by atoms with Gasteiger partial charge in [-0.15, -0.1) is 0 Å². The van der Waals surface area contributed by atoms with Crippen LogP contribution in [0.1, 0.15) is 0 Å². The summed E-state index contributed by atoms with van der Waals surface area (Å²) in [6, 6.07) is 0. The summed E-state index contributed by atoms with van der Waals surface area (Å²) in [7, 11) is 3.16. The summed E-state index contributed by atoms with van der Waals surface area (Å²) in [5, 5.41) is 0. The van der Waals surface area contributed by atoms with Crippen LogP contribution in [0.5, 0.6) is 0 Å². The van der Waals surface area contributed by atoms with Crippen LogP contribution in [-0.2, 0) is 4.74 Å². The Hall–Kier alpha value is -0.100. The Balaban J connectivity index is 3.89. The molecule has 0 aromatic carbocycles.